The quantitative estimate of drug-likeness (QED) is 0.0637. The summed E-state index contributed by atoms with van der Waals surface area (Å²) in [4.78, 5) is 30.2. The van der Waals surface area contributed by atoms with Crippen molar-refractivity contribution >= 4 is 11.9 Å². The molecule has 0 bridgehead atoms. The lowest BCUT2D eigenvalue weighted by Crippen LogP contribution is -2.27. The van der Waals surface area contributed by atoms with Crippen molar-refractivity contribution in [1.29, 1.82) is 0 Å². The lowest BCUT2D eigenvalue weighted by atomic mass is 10.0. The van der Waals surface area contributed by atoms with Crippen molar-refractivity contribution in [3.8, 4) is 11.1 Å². The van der Waals surface area contributed by atoms with Crippen LogP contribution in [0.5, 0.6) is 0 Å². The van der Waals surface area contributed by atoms with Gasteiger partial charge in [0.15, 0.2) is 0 Å². The molecule has 0 radical (unpaired) electrons. The summed E-state index contributed by atoms with van der Waals surface area (Å²) in [6.45, 7) is 15.9. The van der Waals surface area contributed by atoms with Gasteiger partial charge in [0.25, 0.3) is 0 Å². The molecular formula is C42H68N2O4. The monoisotopic (exact) mass is 665 g/mol. The smallest absolute Gasteiger partial charge is 0.306 e. The predicted molar refractivity (Wildman–Crippen MR) is 201 cm³/mol. The van der Waals surface area contributed by atoms with Crippen LogP contribution in [0.3, 0.4) is 0 Å². The van der Waals surface area contributed by atoms with Crippen molar-refractivity contribution in [2.75, 3.05) is 39.3 Å². The number of unbranched alkanes of at least 4 members (excludes halogenated alkanes) is 8. The molecule has 0 spiro atoms. The Hall–Kier alpha value is -2.70. The molecule has 0 saturated heterocycles. The normalized spacial score (nSPS) is 11.4. The number of esters is 2. The van der Waals surface area contributed by atoms with Crippen molar-refractivity contribution in [1.82, 2.24) is 9.80 Å². The second-order valence-corrected chi connectivity index (χ2v) is 13.4. The van der Waals surface area contributed by atoms with E-state index in [2.05, 4.69) is 61.8 Å². The Morgan fingerprint density at radius 3 is 1.15 bits per heavy atom. The Morgan fingerprint density at radius 2 is 0.812 bits per heavy atom. The molecule has 0 amide bonds. The van der Waals surface area contributed by atoms with Gasteiger partial charge < -0.3 is 19.3 Å². The molecule has 6 nitrogen and oxygen atoms in total. The first-order valence-corrected chi connectivity index (χ1v) is 19.4. The first kappa shape index (κ1) is 41.5. The van der Waals surface area contributed by atoms with E-state index in [1.165, 1.54) is 77.0 Å². The number of hydrogen-bond donors (Lipinski definition) is 0. The van der Waals surface area contributed by atoms with Gasteiger partial charge in [0.2, 0.25) is 0 Å². The number of rotatable bonds is 29. The van der Waals surface area contributed by atoms with Gasteiger partial charge >= 0.3 is 11.9 Å². The highest BCUT2D eigenvalue weighted by Gasteiger charge is 2.11. The largest absolute Gasteiger partial charge is 0.461 e. The van der Waals surface area contributed by atoms with Crippen LogP contribution < -0.4 is 0 Å². The fraction of sp³-hybridized carbons (Fsp3) is 0.667. The van der Waals surface area contributed by atoms with Gasteiger partial charge in [-0.1, -0.05) is 115 Å². The number of benzene rings is 2. The van der Waals surface area contributed by atoms with E-state index in [1.54, 1.807) is 0 Å². The maximum Gasteiger partial charge on any atom is 0.306 e. The number of nitrogens with zero attached hydrogens (tertiary/aromatic N) is 2. The van der Waals surface area contributed by atoms with Gasteiger partial charge in [-0.2, -0.15) is 0 Å². The zero-order chi connectivity index (χ0) is 34.7. The van der Waals surface area contributed by atoms with E-state index in [1.807, 2.05) is 24.3 Å². The highest BCUT2D eigenvalue weighted by molar-refractivity contribution is 5.70. The van der Waals surface area contributed by atoms with E-state index in [-0.39, 0.29) is 25.2 Å². The Morgan fingerprint density at radius 1 is 0.479 bits per heavy atom. The minimum Gasteiger partial charge on any atom is -0.461 e. The third kappa shape index (κ3) is 19.3. The van der Waals surface area contributed by atoms with Crippen molar-refractivity contribution in [2.45, 2.75) is 144 Å². The summed E-state index contributed by atoms with van der Waals surface area (Å²) in [5, 5.41) is 0. The molecule has 6 heteroatoms. The number of hydrogen-bond acceptors (Lipinski definition) is 6. The SMILES string of the molecule is CCCCCN(CCCCC)CCCC(=O)OCc1cccc(-c2cccc(COC(=O)CCCN(CCCCC)CCCCC)c2)c1. The standard InChI is InChI=1S/C42H68N2O4/c1-5-9-13-27-43(28-14-10-6-2)31-19-25-41(45)47-35-37-21-17-23-39(33-37)40-24-18-22-38(34-40)36-48-42(46)26-20-32-44(29-15-11-7-3)30-16-12-8-4/h17-18,21-24,33-34H,5-16,19-20,25-32,35-36H2,1-4H3. The van der Waals surface area contributed by atoms with E-state index >= 15 is 0 Å². The summed E-state index contributed by atoms with van der Waals surface area (Å²) in [5.74, 6) is -0.265. The number of ether oxygens (including phenoxy) is 2. The molecule has 0 aliphatic carbocycles. The zero-order valence-electron chi connectivity index (χ0n) is 31.1. The van der Waals surface area contributed by atoms with Crippen LogP contribution in [0, 0.1) is 0 Å². The van der Waals surface area contributed by atoms with Crippen LogP contribution in [-0.2, 0) is 32.3 Å². The highest BCUT2D eigenvalue weighted by Crippen LogP contribution is 2.23. The predicted octanol–water partition coefficient (Wildman–Crippen LogP) is 10.4. The molecule has 0 fully saturated rings. The maximum atomic E-state index is 12.6. The third-order valence-electron chi connectivity index (χ3n) is 9.01. The molecular weight excluding hydrogens is 596 g/mol. The molecule has 0 saturated carbocycles. The van der Waals surface area contributed by atoms with Crippen molar-refractivity contribution in [3.63, 3.8) is 0 Å². The molecule has 0 aliphatic heterocycles. The van der Waals surface area contributed by atoms with Crippen LogP contribution in [0.4, 0.5) is 0 Å². The van der Waals surface area contributed by atoms with Crippen molar-refractivity contribution in [2.24, 2.45) is 0 Å². The van der Waals surface area contributed by atoms with Crippen LogP contribution in [0.1, 0.15) is 142 Å². The fourth-order valence-corrected chi connectivity index (χ4v) is 6.06. The Bertz CT molecular complexity index is 1010. The maximum absolute atomic E-state index is 12.6. The molecule has 0 atom stereocenters. The topological polar surface area (TPSA) is 59.1 Å². The van der Waals surface area contributed by atoms with Crippen LogP contribution in [0.25, 0.3) is 11.1 Å². The average Bonchev–Trinajstić information content (AvgIpc) is 3.10. The molecule has 0 N–H and O–H groups in total. The van der Waals surface area contributed by atoms with Gasteiger partial charge in [-0.3, -0.25) is 9.59 Å². The summed E-state index contributed by atoms with van der Waals surface area (Å²) in [7, 11) is 0. The molecule has 0 aromatic heterocycles. The summed E-state index contributed by atoms with van der Waals surface area (Å²) in [6, 6.07) is 16.3. The van der Waals surface area contributed by atoms with Gasteiger partial charge in [0, 0.05) is 12.8 Å². The fourth-order valence-electron chi connectivity index (χ4n) is 6.06. The first-order chi connectivity index (χ1) is 23.5. The summed E-state index contributed by atoms with van der Waals surface area (Å²) in [5.41, 5.74) is 4.05. The first-order valence-electron chi connectivity index (χ1n) is 19.4. The van der Waals surface area contributed by atoms with E-state index in [9.17, 15) is 9.59 Å². The molecule has 48 heavy (non-hydrogen) atoms. The highest BCUT2D eigenvalue weighted by atomic mass is 16.5. The minimum absolute atomic E-state index is 0.132. The van der Waals surface area contributed by atoms with Crippen LogP contribution >= 0.6 is 0 Å². The Kier molecular flexibility index (Phi) is 23.5. The molecule has 2 rings (SSSR count). The van der Waals surface area contributed by atoms with Crippen LogP contribution in [0.2, 0.25) is 0 Å². The lowest BCUT2D eigenvalue weighted by molar-refractivity contribution is -0.146. The van der Waals surface area contributed by atoms with Gasteiger partial charge in [0.1, 0.15) is 13.2 Å². The average molecular weight is 665 g/mol. The molecule has 0 unspecified atom stereocenters. The van der Waals surface area contributed by atoms with Gasteiger partial charge in [-0.15, -0.1) is 0 Å². The molecule has 0 aliphatic rings. The van der Waals surface area contributed by atoms with Crippen LogP contribution in [0.15, 0.2) is 48.5 Å². The van der Waals surface area contributed by atoms with Crippen molar-refractivity contribution < 1.29 is 19.1 Å². The van der Waals surface area contributed by atoms with Crippen LogP contribution in [-0.4, -0.2) is 61.0 Å². The zero-order valence-corrected chi connectivity index (χ0v) is 31.1. The summed E-state index contributed by atoms with van der Waals surface area (Å²) in [6.07, 6.45) is 17.5. The minimum atomic E-state index is -0.132. The van der Waals surface area contributed by atoms with Crippen molar-refractivity contribution in [3.05, 3.63) is 59.7 Å². The van der Waals surface area contributed by atoms with Gasteiger partial charge in [-0.25, -0.2) is 0 Å². The lowest BCUT2D eigenvalue weighted by Gasteiger charge is -2.22. The molecule has 2 aromatic carbocycles. The Balaban J connectivity index is 1.78. The summed E-state index contributed by atoms with van der Waals surface area (Å²) >= 11 is 0. The second-order valence-electron chi connectivity index (χ2n) is 13.4. The van der Waals surface area contributed by atoms with E-state index in [0.717, 1.165) is 74.4 Å². The number of carbonyl (C=O) groups is 2. The van der Waals surface area contributed by atoms with E-state index in [0.29, 0.717) is 12.8 Å². The number of carbonyl (C=O) groups excluding carboxylic acids is 2. The third-order valence-corrected chi connectivity index (χ3v) is 9.01. The second kappa shape index (κ2) is 27.2. The van der Waals surface area contributed by atoms with Gasteiger partial charge in [-0.05, 0) is 112 Å². The van der Waals surface area contributed by atoms with E-state index < -0.39 is 0 Å². The Labute approximate surface area is 294 Å². The molecule has 270 valence electrons. The van der Waals surface area contributed by atoms with Gasteiger partial charge in [0.05, 0.1) is 0 Å². The molecule has 0 heterocycles. The summed E-state index contributed by atoms with van der Waals surface area (Å²) < 4.78 is 11.3. The molecule has 2 aromatic rings. The van der Waals surface area contributed by atoms with E-state index in [4.69, 9.17) is 9.47 Å².